The molecule has 0 saturated heterocycles. The van der Waals surface area contributed by atoms with Crippen molar-refractivity contribution in [1.29, 1.82) is 0 Å². The Morgan fingerprint density at radius 3 is 2.59 bits per heavy atom. The number of rotatable bonds is 12. The highest BCUT2D eigenvalue weighted by Crippen LogP contribution is 2.62. The molecule has 0 aliphatic heterocycles. The zero-order chi connectivity index (χ0) is 26.4. The molecule has 1 aliphatic carbocycles. The molecule has 6 nitrogen and oxygen atoms in total. The first kappa shape index (κ1) is 28.1. The summed E-state index contributed by atoms with van der Waals surface area (Å²) in [5.74, 6) is 2.09. The number of nitrogens with zero attached hydrogens (tertiary/aromatic N) is 1. The summed E-state index contributed by atoms with van der Waals surface area (Å²) in [6.45, 7) is 0.354. The molecule has 4 rings (SSSR count). The molecule has 0 amide bonds. The van der Waals surface area contributed by atoms with E-state index in [1.165, 1.54) is 0 Å². The van der Waals surface area contributed by atoms with Crippen LogP contribution in [0.1, 0.15) is 61.1 Å². The fourth-order valence-corrected chi connectivity index (χ4v) is 8.53. The quantitative estimate of drug-likeness (QED) is 0.122. The average Bonchev–Trinajstić information content (AvgIpc) is 2.91. The first-order chi connectivity index (χ1) is 17.9. The Morgan fingerprint density at radius 2 is 1.89 bits per heavy atom. The van der Waals surface area contributed by atoms with Crippen LogP contribution in [0.5, 0.6) is 5.75 Å². The van der Waals surface area contributed by atoms with E-state index in [2.05, 4.69) is 6.92 Å². The lowest BCUT2D eigenvalue weighted by Gasteiger charge is -2.23. The number of carbonyl (C=O) groups excluding carboxylic acids is 1. The number of hydrogen-bond acceptors (Lipinski definition) is 7. The third-order valence-electron chi connectivity index (χ3n) is 5.70. The van der Waals surface area contributed by atoms with Gasteiger partial charge in [-0.15, -0.1) is 11.6 Å². The van der Waals surface area contributed by atoms with E-state index in [4.69, 9.17) is 25.6 Å². The van der Waals surface area contributed by atoms with Gasteiger partial charge in [0.25, 0.3) is 0 Å². The summed E-state index contributed by atoms with van der Waals surface area (Å²) in [6, 6.07) is 14.2. The summed E-state index contributed by atoms with van der Waals surface area (Å²) >= 11 is 5.88. The first-order valence-corrected chi connectivity index (χ1v) is 17.2. The Labute approximate surface area is 229 Å². The minimum absolute atomic E-state index is 0.0977. The van der Waals surface area contributed by atoms with E-state index in [-0.39, 0.29) is 18.0 Å². The third kappa shape index (κ3) is 6.92. The smallest absolute Gasteiger partial charge is 0.492 e. The maximum atomic E-state index is 13.8. The number of hydrogen-bond donors (Lipinski definition) is 0. The molecular weight excluding hydrogens is 549 g/mol. The van der Waals surface area contributed by atoms with E-state index in [1.54, 1.807) is 36.4 Å². The summed E-state index contributed by atoms with van der Waals surface area (Å²) in [5, 5.41) is 0.731. The molecular formula is C27H29ClNO5PS2. The number of aromatic nitrogens is 1. The van der Waals surface area contributed by atoms with Crippen molar-refractivity contribution in [3.05, 3.63) is 71.4 Å². The molecule has 10 heteroatoms. The second-order valence-corrected chi connectivity index (χ2v) is 14.5. The maximum absolute atomic E-state index is 13.8. The minimum Gasteiger partial charge on any atom is -0.611 e. The van der Waals surface area contributed by atoms with Crippen molar-refractivity contribution >= 4 is 63.4 Å². The number of allylic oxidation sites excluding steroid dienone is 1. The lowest BCUT2D eigenvalue weighted by Crippen LogP contribution is -2.12. The predicted molar refractivity (Wildman–Crippen MR) is 153 cm³/mol. The molecule has 0 spiro atoms. The van der Waals surface area contributed by atoms with Crippen LogP contribution in [0, 0.1) is 0 Å². The molecule has 2 atom stereocenters. The molecule has 2 aromatic carbocycles. The first-order valence-electron chi connectivity index (χ1n) is 12.2. The van der Waals surface area contributed by atoms with Gasteiger partial charge >= 0.3 is 6.80 Å². The average molecular weight is 578 g/mol. The number of Topliss-reactive ketones (excluding diaryl/α,β-unsaturated/α-hetero) is 1. The zero-order valence-corrected chi connectivity index (χ0v) is 24.1. The van der Waals surface area contributed by atoms with Crippen molar-refractivity contribution in [3.8, 4) is 5.75 Å². The van der Waals surface area contributed by atoms with Crippen LogP contribution in [0.25, 0.3) is 16.7 Å². The summed E-state index contributed by atoms with van der Waals surface area (Å²) in [5.41, 5.74) is 2.27. The fraction of sp³-hybridized carbons (Fsp3) is 0.333. The molecule has 0 N–H and O–H groups in total. The van der Waals surface area contributed by atoms with Crippen molar-refractivity contribution in [2.45, 2.75) is 50.3 Å². The van der Waals surface area contributed by atoms with Crippen LogP contribution >= 0.6 is 29.8 Å². The third-order valence-corrected chi connectivity index (χ3v) is 11.2. The van der Waals surface area contributed by atoms with Gasteiger partial charge in [-0.3, -0.25) is 4.79 Å². The molecule has 0 fully saturated rings. The van der Waals surface area contributed by atoms with Crippen LogP contribution in [0.15, 0.2) is 59.5 Å². The van der Waals surface area contributed by atoms with E-state index < -0.39 is 18.0 Å². The number of alkyl halides is 1. The van der Waals surface area contributed by atoms with Gasteiger partial charge in [0.1, 0.15) is 17.2 Å². The molecule has 3 aromatic rings. The monoisotopic (exact) mass is 577 g/mol. The van der Waals surface area contributed by atoms with Gasteiger partial charge in [-0.25, -0.2) is 9.55 Å². The molecule has 0 saturated carbocycles. The maximum Gasteiger partial charge on any atom is 0.492 e. The molecule has 196 valence electrons. The summed E-state index contributed by atoms with van der Waals surface area (Å²) in [4.78, 5) is 18.2. The van der Waals surface area contributed by atoms with Gasteiger partial charge in [-0.05, 0) is 77.4 Å². The van der Waals surface area contributed by atoms with Gasteiger partial charge in [-0.2, -0.15) is 0 Å². The number of benzene rings is 2. The van der Waals surface area contributed by atoms with E-state index in [0.29, 0.717) is 44.8 Å². The lowest BCUT2D eigenvalue weighted by molar-refractivity contribution is 0.0992. The molecule has 2 unspecified atom stereocenters. The molecule has 1 aliphatic rings. The highest BCUT2D eigenvalue weighted by Gasteiger charge is 2.34. The number of halogens is 1. The van der Waals surface area contributed by atoms with E-state index in [0.717, 1.165) is 41.6 Å². The number of fused-ring (bicyclic) bond motifs is 2. The Morgan fingerprint density at radius 1 is 1.11 bits per heavy atom. The minimum atomic E-state index is -3.69. The van der Waals surface area contributed by atoms with Gasteiger partial charge in [0.2, 0.25) is 0 Å². The Balaban J connectivity index is 1.65. The molecule has 1 heterocycles. The van der Waals surface area contributed by atoms with E-state index in [9.17, 15) is 13.9 Å². The normalized spacial score (nSPS) is 15.6. The number of carbonyl (C=O) groups is 1. The van der Waals surface area contributed by atoms with Gasteiger partial charge in [0.15, 0.2) is 16.4 Å². The second-order valence-electron chi connectivity index (χ2n) is 8.58. The van der Waals surface area contributed by atoms with Crippen LogP contribution in [0.3, 0.4) is 0 Å². The number of ketones is 1. The van der Waals surface area contributed by atoms with Gasteiger partial charge in [0.05, 0.1) is 5.52 Å². The van der Waals surface area contributed by atoms with E-state index >= 15 is 0 Å². The summed E-state index contributed by atoms with van der Waals surface area (Å²) in [6.07, 6.45) is 4.34. The van der Waals surface area contributed by atoms with E-state index in [1.807, 2.05) is 25.1 Å². The van der Waals surface area contributed by atoms with Crippen LogP contribution in [-0.2, 0) is 26.1 Å². The Hall–Kier alpha value is -1.96. The second kappa shape index (κ2) is 12.7. The Bertz CT molecular complexity index is 1350. The fourth-order valence-electron chi connectivity index (χ4n) is 3.73. The van der Waals surface area contributed by atoms with Crippen molar-refractivity contribution in [2.24, 2.45) is 0 Å². The van der Waals surface area contributed by atoms with Crippen LogP contribution < -0.4 is 4.52 Å². The number of unbranched alkanes of at least 4 members (excludes halogenated alkanes) is 1. The zero-order valence-electron chi connectivity index (χ0n) is 20.8. The SMILES string of the molecule is CCCC[S+]([O-])c1ccc2nc3c(cc2c1)C(=O)CC=C3OP(=O)(Oc1ccc(CCl)cc1)SCCC. The van der Waals surface area contributed by atoms with Crippen LogP contribution in [0.4, 0.5) is 0 Å². The summed E-state index contributed by atoms with van der Waals surface area (Å²) < 4.78 is 38.4. The largest absolute Gasteiger partial charge is 0.611 e. The van der Waals surface area contributed by atoms with Gasteiger partial charge in [-0.1, -0.05) is 32.4 Å². The van der Waals surface area contributed by atoms with Crippen LogP contribution in [-0.4, -0.2) is 26.8 Å². The van der Waals surface area contributed by atoms with Gasteiger partial charge in [0, 0.05) is 35.1 Å². The highest BCUT2D eigenvalue weighted by atomic mass is 35.5. The predicted octanol–water partition coefficient (Wildman–Crippen LogP) is 8.16. The van der Waals surface area contributed by atoms with Crippen molar-refractivity contribution in [3.63, 3.8) is 0 Å². The highest BCUT2D eigenvalue weighted by molar-refractivity contribution is 8.55. The number of pyridine rings is 1. The molecule has 37 heavy (non-hydrogen) atoms. The topological polar surface area (TPSA) is 88.5 Å². The van der Waals surface area contributed by atoms with Crippen molar-refractivity contribution in [2.75, 3.05) is 11.5 Å². The summed E-state index contributed by atoms with van der Waals surface area (Å²) in [7, 11) is 0. The Kier molecular flexibility index (Phi) is 9.65. The molecule has 1 aromatic heterocycles. The van der Waals surface area contributed by atoms with Gasteiger partial charge < -0.3 is 13.6 Å². The standard InChI is InChI=1S/C27H29ClNO5PS2/c1-3-5-15-37(32)22-10-11-24-20(16-22)17-23-25(30)12-13-26(27(23)29-24)34-35(31,36-14-4-2)33-21-8-6-19(18-28)7-9-21/h6-11,13,16-17H,3-5,12,14-15,18H2,1-2H3. The van der Waals surface area contributed by atoms with Crippen molar-refractivity contribution in [1.82, 2.24) is 4.98 Å². The van der Waals surface area contributed by atoms with Crippen LogP contribution in [0.2, 0.25) is 0 Å². The molecule has 0 radical (unpaired) electrons. The van der Waals surface area contributed by atoms with Crippen molar-refractivity contribution < 1.29 is 23.0 Å². The molecule has 0 bridgehead atoms. The lowest BCUT2D eigenvalue weighted by atomic mass is 9.97.